The largest absolute Gasteiger partial charge is 0.313 e. The molecule has 1 aromatic rings. The summed E-state index contributed by atoms with van der Waals surface area (Å²) in [5, 5.41) is 8.00. The molecule has 1 aliphatic heterocycles. The Hall–Kier alpha value is -0.830. The maximum absolute atomic E-state index is 4.39. The quantitative estimate of drug-likeness (QED) is 0.799. The van der Waals surface area contributed by atoms with Crippen LogP contribution in [-0.2, 0) is 13.5 Å². The molecule has 1 aliphatic rings. The summed E-state index contributed by atoms with van der Waals surface area (Å²) < 4.78 is 2.01. The Kier molecular flexibility index (Phi) is 3.10. The number of hydrogen-bond acceptors (Lipinski definition) is 2. The molecule has 0 amide bonds. The SMILES string of the molecule is Cc1cc(CC2NCCCC2C)n(C)n1. The first-order chi connectivity index (χ1) is 7.16. The minimum atomic E-state index is 0.633. The number of aryl methyl sites for hydroxylation is 2. The number of nitrogens with zero attached hydrogens (tertiary/aromatic N) is 2. The summed E-state index contributed by atoms with van der Waals surface area (Å²) in [6, 6.07) is 2.83. The molecule has 3 nitrogen and oxygen atoms in total. The van der Waals surface area contributed by atoms with Gasteiger partial charge in [-0.05, 0) is 38.3 Å². The molecular weight excluding hydrogens is 186 g/mol. The fourth-order valence-corrected chi connectivity index (χ4v) is 2.47. The van der Waals surface area contributed by atoms with Crippen molar-refractivity contribution < 1.29 is 0 Å². The molecule has 0 spiro atoms. The van der Waals surface area contributed by atoms with E-state index in [0.717, 1.165) is 18.0 Å². The molecule has 0 bridgehead atoms. The van der Waals surface area contributed by atoms with Crippen molar-refractivity contribution in [2.24, 2.45) is 13.0 Å². The molecule has 1 aromatic heterocycles. The molecule has 2 rings (SSSR count). The number of nitrogens with one attached hydrogen (secondary N) is 1. The Morgan fingerprint density at radius 2 is 2.40 bits per heavy atom. The summed E-state index contributed by atoms with van der Waals surface area (Å²) in [6.45, 7) is 5.58. The second-order valence-electron chi connectivity index (χ2n) is 4.78. The molecule has 1 N–H and O–H groups in total. The summed E-state index contributed by atoms with van der Waals surface area (Å²) in [4.78, 5) is 0. The van der Waals surface area contributed by atoms with Gasteiger partial charge in [-0.25, -0.2) is 0 Å². The first-order valence-corrected chi connectivity index (χ1v) is 5.89. The molecule has 0 aliphatic carbocycles. The average molecular weight is 207 g/mol. The van der Waals surface area contributed by atoms with E-state index in [-0.39, 0.29) is 0 Å². The van der Waals surface area contributed by atoms with Crippen LogP contribution < -0.4 is 5.32 Å². The normalized spacial score (nSPS) is 26.9. The molecule has 15 heavy (non-hydrogen) atoms. The topological polar surface area (TPSA) is 29.9 Å². The fraction of sp³-hybridized carbons (Fsp3) is 0.750. The Balaban J connectivity index is 2.04. The van der Waals surface area contributed by atoms with Crippen LogP contribution in [0.15, 0.2) is 6.07 Å². The molecule has 2 heterocycles. The molecule has 0 radical (unpaired) electrons. The van der Waals surface area contributed by atoms with Crippen molar-refractivity contribution in [3.8, 4) is 0 Å². The van der Waals surface area contributed by atoms with Crippen LogP contribution in [0, 0.1) is 12.8 Å². The van der Waals surface area contributed by atoms with E-state index in [9.17, 15) is 0 Å². The van der Waals surface area contributed by atoms with Crippen molar-refractivity contribution in [2.75, 3.05) is 6.54 Å². The molecular formula is C12H21N3. The first kappa shape index (κ1) is 10.7. The first-order valence-electron chi connectivity index (χ1n) is 5.89. The van der Waals surface area contributed by atoms with Crippen molar-refractivity contribution in [3.05, 3.63) is 17.5 Å². The van der Waals surface area contributed by atoms with Crippen molar-refractivity contribution in [1.29, 1.82) is 0 Å². The Labute approximate surface area is 91.9 Å². The summed E-state index contributed by atoms with van der Waals surface area (Å²) in [7, 11) is 2.04. The zero-order chi connectivity index (χ0) is 10.8. The smallest absolute Gasteiger partial charge is 0.0596 e. The molecule has 84 valence electrons. The highest BCUT2D eigenvalue weighted by Gasteiger charge is 2.21. The Morgan fingerprint density at radius 1 is 1.60 bits per heavy atom. The van der Waals surface area contributed by atoms with Crippen LogP contribution >= 0.6 is 0 Å². The zero-order valence-electron chi connectivity index (χ0n) is 9.95. The van der Waals surface area contributed by atoms with E-state index in [2.05, 4.69) is 30.3 Å². The van der Waals surface area contributed by atoms with E-state index < -0.39 is 0 Å². The van der Waals surface area contributed by atoms with E-state index in [0.29, 0.717) is 6.04 Å². The minimum Gasteiger partial charge on any atom is -0.313 e. The van der Waals surface area contributed by atoms with Crippen LogP contribution in [0.5, 0.6) is 0 Å². The van der Waals surface area contributed by atoms with Crippen LogP contribution in [0.1, 0.15) is 31.2 Å². The van der Waals surface area contributed by atoms with Gasteiger partial charge >= 0.3 is 0 Å². The van der Waals surface area contributed by atoms with E-state index in [1.54, 1.807) is 0 Å². The van der Waals surface area contributed by atoms with Crippen LogP contribution in [0.3, 0.4) is 0 Å². The van der Waals surface area contributed by atoms with Gasteiger partial charge in [0.05, 0.1) is 5.69 Å². The predicted molar refractivity (Wildman–Crippen MR) is 61.8 cm³/mol. The molecule has 0 aromatic carbocycles. The van der Waals surface area contributed by atoms with Gasteiger partial charge in [0, 0.05) is 25.2 Å². The van der Waals surface area contributed by atoms with Gasteiger partial charge in [0.15, 0.2) is 0 Å². The van der Waals surface area contributed by atoms with Crippen molar-refractivity contribution in [3.63, 3.8) is 0 Å². The van der Waals surface area contributed by atoms with Gasteiger partial charge in [0.2, 0.25) is 0 Å². The molecule has 1 saturated heterocycles. The minimum absolute atomic E-state index is 0.633. The number of aromatic nitrogens is 2. The number of hydrogen-bond donors (Lipinski definition) is 1. The number of rotatable bonds is 2. The molecule has 0 saturated carbocycles. The molecule has 1 fully saturated rings. The van der Waals surface area contributed by atoms with Gasteiger partial charge in [0.1, 0.15) is 0 Å². The maximum atomic E-state index is 4.39. The van der Waals surface area contributed by atoms with Crippen LogP contribution in [0.25, 0.3) is 0 Å². The highest BCUT2D eigenvalue weighted by atomic mass is 15.3. The predicted octanol–water partition coefficient (Wildman–Crippen LogP) is 1.66. The summed E-state index contributed by atoms with van der Waals surface area (Å²) >= 11 is 0. The summed E-state index contributed by atoms with van der Waals surface area (Å²) in [5.74, 6) is 0.786. The summed E-state index contributed by atoms with van der Waals surface area (Å²) in [5.41, 5.74) is 2.47. The lowest BCUT2D eigenvalue weighted by Gasteiger charge is -2.30. The van der Waals surface area contributed by atoms with Crippen LogP contribution in [0.4, 0.5) is 0 Å². The summed E-state index contributed by atoms with van der Waals surface area (Å²) in [6.07, 6.45) is 3.79. The lowest BCUT2D eigenvalue weighted by molar-refractivity contribution is 0.295. The van der Waals surface area contributed by atoms with E-state index in [4.69, 9.17) is 0 Å². The lowest BCUT2D eigenvalue weighted by Crippen LogP contribution is -2.41. The molecule has 3 heteroatoms. The van der Waals surface area contributed by atoms with Crippen LogP contribution in [0.2, 0.25) is 0 Å². The van der Waals surface area contributed by atoms with Crippen molar-refractivity contribution in [2.45, 2.75) is 39.2 Å². The fourth-order valence-electron chi connectivity index (χ4n) is 2.47. The third kappa shape index (κ3) is 2.40. The molecule has 2 unspecified atom stereocenters. The number of piperidine rings is 1. The van der Waals surface area contributed by atoms with Gasteiger partial charge in [-0.15, -0.1) is 0 Å². The molecule has 2 atom stereocenters. The van der Waals surface area contributed by atoms with E-state index >= 15 is 0 Å². The van der Waals surface area contributed by atoms with Gasteiger partial charge in [0.25, 0.3) is 0 Å². The lowest BCUT2D eigenvalue weighted by atomic mass is 9.90. The van der Waals surface area contributed by atoms with Gasteiger partial charge < -0.3 is 5.32 Å². The van der Waals surface area contributed by atoms with E-state index in [1.165, 1.54) is 25.1 Å². The third-order valence-electron chi connectivity index (χ3n) is 3.46. The zero-order valence-corrected chi connectivity index (χ0v) is 9.95. The highest BCUT2D eigenvalue weighted by molar-refractivity contribution is 5.10. The third-order valence-corrected chi connectivity index (χ3v) is 3.46. The second-order valence-corrected chi connectivity index (χ2v) is 4.78. The van der Waals surface area contributed by atoms with Gasteiger partial charge in [-0.1, -0.05) is 6.92 Å². The standard InChI is InChI=1S/C12H21N3/c1-9-5-4-6-13-12(9)8-11-7-10(2)14-15(11)3/h7,9,12-13H,4-6,8H2,1-3H3. The van der Waals surface area contributed by atoms with E-state index in [1.807, 2.05) is 11.7 Å². The Morgan fingerprint density at radius 3 is 3.00 bits per heavy atom. The maximum Gasteiger partial charge on any atom is 0.0596 e. The van der Waals surface area contributed by atoms with Crippen molar-refractivity contribution in [1.82, 2.24) is 15.1 Å². The Bertz CT molecular complexity index is 330. The average Bonchev–Trinajstić information content (AvgIpc) is 2.49. The second kappa shape index (κ2) is 4.35. The van der Waals surface area contributed by atoms with Gasteiger partial charge in [-0.3, -0.25) is 4.68 Å². The van der Waals surface area contributed by atoms with Gasteiger partial charge in [-0.2, -0.15) is 5.10 Å². The monoisotopic (exact) mass is 207 g/mol. The van der Waals surface area contributed by atoms with Crippen LogP contribution in [-0.4, -0.2) is 22.4 Å². The van der Waals surface area contributed by atoms with Crippen molar-refractivity contribution >= 4 is 0 Å². The highest BCUT2D eigenvalue weighted by Crippen LogP contribution is 2.19.